The summed E-state index contributed by atoms with van der Waals surface area (Å²) in [6, 6.07) is 10.3. The molecule has 3 nitrogen and oxygen atoms in total. The Morgan fingerprint density at radius 3 is 2.36 bits per heavy atom. The van der Waals surface area contributed by atoms with Crippen LogP contribution >= 0.6 is 0 Å². The van der Waals surface area contributed by atoms with Crippen molar-refractivity contribution in [1.29, 1.82) is 0 Å². The monoisotopic (exact) mass is 375 g/mol. The van der Waals surface area contributed by atoms with Crippen molar-refractivity contribution < 1.29 is 11.7 Å². The molecule has 0 unspecified atom stereocenters. The van der Waals surface area contributed by atoms with E-state index in [9.17, 15) is 0 Å². The van der Waals surface area contributed by atoms with Crippen LogP contribution in [0, 0.1) is 13.8 Å². The van der Waals surface area contributed by atoms with Crippen molar-refractivity contribution >= 4 is 22.1 Å². The van der Waals surface area contributed by atoms with E-state index in [1.165, 1.54) is 0 Å². The van der Waals surface area contributed by atoms with E-state index >= 15 is 0 Å². The number of aromatic nitrogens is 2. The van der Waals surface area contributed by atoms with Crippen LogP contribution in [0.3, 0.4) is 0 Å². The normalized spacial score (nSPS) is 13.8. The molecule has 0 saturated heterocycles. The first-order chi connectivity index (χ1) is 13.9. The lowest BCUT2D eigenvalue weighted by Gasteiger charge is -2.11. The van der Waals surface area contributed by atoms with Gasteiger partial charge in [0.15, 0.2) is 11.8 Å². The highest BCUT2D eigenvalue weighted by atomic mass is 16.3. The van der Waals surface area contributed by atoms with Gasteiger partial charge in [0.25, 0.3) is 0 Å². The molecule has 144 valence electrons. The summed E-state index contributed by atoms with van der Waals surface area (Å²) in [5, 5.41) is 1.98. The van der Waals surface area contributed by atoms with Crippen LogP contribution in [-0.4, -0.2) is 4.98 Å². The number of hydrogen-bond acceptors (Lipinski definition) is 2. The highest BCUT2D eigenvalue weighted by Crippen LogP contribution is 2.37. The molecular formula is C25H29N2O+. The van der Waals surface area contributed by atoms with E-state index < -0.39 is 11.8 Å². The van der Waals surface area contributed by atoms with Crippen LogP contribution in [0.4, 0.5) is 0 Å². The molecule has 3 heteroatoms. The number of aryl methyl sites for hydroxylation is 3. The summed E-state index contributed by atoms with van der Waals surface area (Å²) in [6.07, 6.45) is 2.05. The lowest BCUT2D eigenvalue weighted by Crippen LogP contribution is -2.32. The van der Waals surface area contributed by atoms with Crippen molar-refractivity contribution in [3.05, 3.63) is 58.9 Å². The maximum atomic E-state index is 8.45. The summed E-state index contributed by atoms with van der Waals surface area (Å²) in [4.78, 5) is 4.65. The van der Waals surface area contributed by atoms with Gasteiger partial charge in [0.05, 0.1) is 5.56 Å². The summed E-state index contributed by atoms with van der Waals surface area (Å²) < 4.78 is 25.1. The molecule has 4 aromatic rings. The van der Waals surface area contributed by atoms with Gasteiger partial charge >= 0.3 is 0 Å². The molecule has 0 aliphatic heterocycles. The second-order valence-corrected chi connectivity index (χ2v) is 8.15. The van der Waals surface area contributed by atoms with Crippen molar-refractivity contribution in [1.82, 2.24) is 4.98 Å². The average molecular weight is 376 g/mol. The fraction of sp³-hybridized carbons (Fsp3) is 0.360. The molecule has 0 saturated carbocycles. The van der Waals surface area contributed by atoms with Crippen molar-refractivity contribution in [2.75, 3.05) is 0 Å². The maximum absolute atomic E-state index is 8.45. The Balaban J connectivity index is 2.02. The predicted molar refractivity (Wildman–Crippen MR) is 116 cm³/mol. The topological polar surface area (TPSA) is 29.9 Å². The minimum absolute atomic E-state index is 0.568. The number of furan rings is 1. The SMILES string of the molecule is [2H]C(C)(C)c1ccc2c(n1)oc1c(-c3cc(C)c(C([2H])(C)C)c[n+]3C)c(C)ccc12. The molecule has 0 N–H and O–H groups in total. The fourth-order valence-electron chi connectivity index (χ4n) is 3.94. The molecule has 3 heterocycles. The average Bonchev–Trinajstić information content (AvgIpc) is 2.99. The van der Waals surface area contributed by atoms with E-state index in [1.807, 2.05) is 46.9 Å². The van der Waals surface area contributed by atoms with Crippen LogP contribution in [0.2, 0.25) is 0 Å². The van der Waals surface area contributed by atoms with Crippen LogP contribution in [-0.2, 0) is 7.05 Å². The highest BCUT2D eigenvalue weighted by molar-refractivity contribution is 6.08. The highest BCUT2D eigenvalue weighted by Gasteiger charge is 2.23. The Hall–Kier alpha value is -2.68. The van der Waals surface area contributed by atoms with E-state index in [0.29, 0.717) is 11.4 Å². The zero-order chi connectivity index (χ0) is 22.0. The Labute approximate surface area is 169 Å². The summed E-state index contributed by atoms with van der Waals surface area (Å²) >= 11 is 0. The molecular weight excluding hydrogens is 344 g/mol. The molecule has 3 aromatic heterocycles. The Kier molecular flexibility index (Phi) is 3.92. The molecule has 0 fully saturated rings. The molecule has 28 heavy (non-hydrogen) atoms. The van der Waals surface area contributed by atoms with Crippen LogP contribution in [0.25, 0.3) is 33.3 Å². The third-order valence-corrected chi connectivity index (χ3v) is 5.50. The summed E-state index contributed by atoms with van der Waals surface area (Å²) in [7, 11) is 2.02. The number of benzene rings is 1. The van der Waals surface area contributed by atoms with Gasteiger partial charge in [0.1, 0.15) is 7.05 Å². The largest absolute Gasteiger partial charge is 0.437 e. The van der Waals surface area contributed by atoms with E-state index in [4.69, 9.17) is 7.16 Å². The number of rotatable bonds is 3. The van der Waals surface area contributed by atoms with Gasteiger partial charge in [-0.1, -0.05) is 39.8 Å². The standard InChI is InChI=1S/C25H29N2O/c1-14(2)20-13-27(7)22(12-17(20)6)23-16(5)8-9-18-19-10-11-21(15(3)4)26-25(19)28-24(18)23/h8-15H,1-7H3/q+1/i14D,15D. The fourth-order valence-corrected chi connectivity index (χ4v) is 3.94. The summed E-state index contributed by atoms with van der Waals surface area (Å²) in [6.45, 7) is 11.6. The number of pyridine rings is 2. The van der Waals surface area contributed by atoms with E-state index in [1.54, 1.807) is 0 Å². The van der Waals surface area contributed by atoms with Crippen molar-refractivity contribution in [2.24, 2.45) is 7.05 Å². The Morgan fingerprint density at radius 2 is 1.68 bits per heavy atom. The molecule has 0 aliphatic rings. The maximum Gasteiger partial charge on any atom is 0.227 e. The predicted octanol–water partition coefficient (Wildman–Crippen LogP) is 6.34. The van der Waals surface area contributed by atoms with Gasteiger partial charge in [-0.15, -0.1) is 0 Å². The zero-order valence-corrected chi connectivity index (χ0v) is 17.8. The molecule has 4 rings (SSSR count). The van der Waals surface area contributed by atoms with Crippen molar-refractivity contribution in [3.63, 3.8) is 0 Å². The van der Waals surface area contributed by atoms with Gasteiger partial charge in [0, 0.05) is 30.8 Å². The first kappa shape index (κ1) is 16.3. The Morgan fingerprint density at radius 1 is 0.964 bits per heavy atom. The first-order valence-corrected chi connectivity index (χ1v) is 9.72. The third-order valence-electron chi connectivity index (χ3n) is 5.50. The molecule has 0 atom stereocenters. The summed E-state index contributed by atoms with van der Waals surface area (Å²) in [5.74, 6) is -1.45. The van der Waals surface area contributed by atoms with Gasteiger partial charge in [0.2, 0.25) is 11.4 Å². The quantitative estimate of drug-likeness (QED) is 0.391. The van der Waals surface area contributed by atoms with Gasteiger partial charge in [-0.2, -0.15) is 0 Å². The summed E-state index contributed by atoms with van der Waals surface area (Å²) in [5.41, 5.74) is 7.37. The lowest BCUT2D eigenvalue weighted by molar-refractivity contribution is -0.660. The molecule has 0 spiro atoms. The third kappa shape index (κ3) is 2.90. The van der Waals surface area contributed by atoms with Crippen molar-refractivity contribution in [3.8, 4) is 11.3 Å². The van der Waals surface area contributed by atoms with Crippen LogP contribution in [0.15, 0.2) is 40.9 Å². The number of hydrogen-bond donors (Lipinski definition) is 0. The second kappa shape index (κ2) is 6.73. The van der Waals surface area contributed by atoms with Crippen LogP contribution < -0.4 is 4.57 Å². The number of fused-ring (bicyclic) bond motifs is 3. The van der Waals surface area contributed by atoms with Gasteiger partial charge in [-0.25, -0.2) is 9.55 Å². The molecule has 0 radical (unpaired) electrons. The van der Waals surface area contributed by atoms with E-state index in [0.717, 1.165) is 44.3 Å². The van der Waals surface area contributed by atoms with Crippen molar-refractivity contribution in [2.45, 2.75) is 53.3 Å². The minimum Gasteiger partial charge on any atom is -0.437 e. The van der Waals surface area contributed by atoms with Gasteiger partial charge in [-0.05, 0) is 48.9 Å². The molecule has 0 amide bonds. The van der Waals surface area contributed by atoms with Gasteiger partial charge < -0.3 is 4.42 Å². The smallest absolute Gasteiger partial charge is 0.227 e. The molecule has 0 bridgehead atoms. The second-order valence-electron chi connectivity index (χ2n) is 8.15. The molecule has 0 aliphatic carbocycles. The molecule has 1 aromatic carbocycles. The van der Waals surface area contributed by atoms with Crippen LogP contribution in [0.5, 0.6) is 0 Å². The van der Waals surface area contributed by atoms with E-state index in [-0.39, 0.29) is 0 Å². The van der Waals surface area contributed by atoms with Crippen LogP contribution in [0.1, 0.15) is 64.6 Å². The lowest BCUT2D eigenvalue weighted by atomic mass is 9.95. The Bertz CT molecular complexity index is 1290. The number of nitrogens with zero attached hydrogens (tertiary/aromatic N) is 2. The van der Waals surface area contributed by atoms with Gasteiger partial charge in [-0.3, -0.25) is 0 Å². The van der Waals surface area contributed by atoms with E-state index in [2.05, 4.69) is 47.8 Å². The first-order valence-electron chi connectivity index (χ1n) is 10.7. The minimum atomic E-state index is -0.783. The zero-order valence-electron chi connectivity index (χ0n) is 19.8.